The van der Waals surface area contributed by atoms with Gasteiger partial charge in [0.15, 0.2) is 0 Å². The molecule has 1 aromatic rings. The maximum atomic E-state index is 11.9. The minimum absolute atomic E-state index is 0.0510. The molecule has 0 saturated heterocycles. The highest BCUT2D eigenvalue weighted by Gasteiger charge is 2.24. The van der Waals surface area contributed by atoms with Crippen molar-refractivity contribution in [1.82, 2.24) is 5.32 Å². The van der Waals surface area contributed by atoms with Gasteiger partial charge in [0.05, 0.1) is 6.54 Å². The first-order chi connectivity index (χ1) is 9.47. The first-order valence-corrected chi connectivity index (χ1v) is 6.96. The summed E-state index contributed by atoms with van der Waals surface area (Å²) >= 11 is 0. The van der Waals surface area contributed by atoms with Gasteiger partial charge >= 0.3 is 0 Å². The summed E-state index contributed by atoms with van der Waals surface area (Å²) in [5.41, 5.74) is 5.50. The Kier molecular flexibility index (Phi) is 4.57. The molecular weight excluding hydrogens is 252 g/mol. The topological polar surface area (TPSA) is 75.3 Å². The fourth-order valence-corrected chi connectivity index (χ4v) is 2.44. The van der Waals surface area contributed by atoms with E-state index in [4.69, 9.17) is 5.73 Å². The van der Waals surface area contributed by atoms with Crippen LogP contribution in [0.2, 0.25) is 0 Å². The van der Waals surface area contributed by atoms with Gasteiger partial charge in [-0.05, 0) is 24.8 Å². The van der Waals surface area contributed by atoms with E-state index in [1.807, 2.05) is 42.5 Å². The van der Waals surface area contributed by atoms with Gasteiger partial charge in [0.2, 0.25) is 5.91 Å². The highest BCUT2D eigenvalue weighted by atomic mass is 16.3. The molecule has 1 unspecified atom stereocenters. The van der Waals surface area contributed by atoms with Gasteiger partial charge in [0.25, 0.3) is 0 Å². The number of allylic oxidation sites excluding steroid dienone is 1. The number of hydrogen-bond donors (Lipinski definition) is 3. The van der Waals surface area contributed by atoms with Crippen LogP contribution in [0, 0.1) is 5.92 Å². The zero-order chi connectivity index (χ0) is 14.6. The van der Waals surface area contributed by atoms with Crippen LogP contribution >= 0.6 is 0 Å². The Bertz CT molecular complexity index is 483. The van der Waals surface area contributed by atoms with Crippen LogP contribution in [0.1, 0.15) is 25.3 Å². The van der Waals surface area contributed by atoms with E-state index in [9.17, 15) is 9.90 Å². The fourth-order valence-electron chi connectivity index (χ4n) is 2.44. The van der Waals surface area contributed by atoms with Crippen molar-refractivity contribution in [3.8, 4) is 0 Å². The average Bonchev–Trinajstić information content (AvgIpc) is 2.83. The molecule has 4 N–H and O–H groups in total. The van der Waals surface area contributed by atoms with Crippen molar-refractivity contribution < 1.29 is 9.90 Å². The van der Waals surface area contributed by atoms with Gasteiger partial charge in [-0.3, -0.25) is 4.79 Å². The first-order valence-electron chi connectivity index (χ1n) is 6.96. The molecule has 1 amide bonds. The molecule has 0 heterocycles. The number of amides is 1. The van der Waals surface area contributed by atoms with Crippen LogP contribution in [0.3, 0.4) is 0 Å². The van der Waals surface area contributed by atoms with E-state index in [1.165, 1.54) is 0 Å². The van der Waals surface area contributed by atoms with E-state index < -0.39 is 5.60 Å². The maximum absolute atomic E-state index is 11.9. The van der Waals surface area contributed by atoms with Crippen molar-refractivity contribution >= 4 is 5.91 Å². The van der Waals surface area contributed by atoms with E-state index >= 15 is 0 Å². The van der Waals surface area contributed by atoms with Crippen LogP contribution in [0.4, 0.5) is 0 Å². The minimum atomic E-state index is -1.06. The Hall–Kier alpha value is -1.65. The molecule has 2 rings (SSSR count). The minimum Gasteiger partial charge on any atom is -0.384 e. The van der Waals surface area contributed by atoms with E-state index in [2.05, 4.69) is 5.32 Å². The van der Waals surface area contributed by atoms with Gasteiger partial charge < -0.3 is 16.2 Å². The zero-order valence-corrected chi connectivity index (χ0v) is 11.8. The van der Waals surface area contributed by atoms with Gasteiger partial charge in [-0.15, -0.1) is 0 Å². The number of hydrogen-bond acceptors (Lipinski definition) is 3. The molecule has 4 heteroatoms. The predicted octanol–water partition coefficient (Wildman–Crippen LogP) is 1.30. The predicted molar refractivity (Wildman–Crippen MR) is 78.9 cm³/mol. The van der Waals surface area contributed by atoms with Crippen LogP contribution in [-0.4, -0.2) is 23.6 Å². The van der Waals surface area contributed by atoms with Crippen LogP contribution in [0.5, 0.6) is 0 Å². The molecule has 108 valence electrons. The van der Waals surface area contributed by atoms with Crippen molar-refractivity contribution in [2.45, 2.75) is 31.4 Å². The summed E-state index contributed by atoms with van der Waals surface area (Å²) < 4.78 is 0. The van der Waals surface area contributed by atoms with E-state index in [0.29, 0.717) is 6.42 Å². The lowest BCUT2D eigenvalue weighted by atomic mass is 9.96. The molecule has 0 saturated carbocycles. The zero-order valence-electron chi connectivity index (χ0n) is 11.8. The van der Waals surface area contributed by atoms with Crippen LogP contribution < -0.4 is 11.1 Å². The van der Waals surface area contributed by atoms with Gasteiger partial charge in [-0.1, -0.05) is 42.5 Å². The van der Waals surface area contributed by atoms with Gasteiger partial charge in [-0.2, -0.15) is 0 Å². The number of benzene rings is 1. The average molecular weight is 274 g/mol. The monoisotopic (exact) mass is 274 g/mol. The lowest BCUT2D eigenvalue weighted by Crippen LogP contribution is -2.39. The molecule has 0 aromatic heterocycles. The molecule has 0 spiro atoms. The molecular formula is C16H22N2O2. The van der Waals surface area contributed by atoms with Gasteiger partial charge in [-0.25, -0.2) is 0 Å². The van der Waals surface area contributed by atoms with E-state index in [1.54, 1.807) is 6.92 Å². The molecule has 4 nitrogen and oxygen atoms in total. The summed E-state index contributed by atoms with van der Waals surface area (Å²) in [4.78, 5) is 11.9. The Morgan fingerprint density at radius 1 is 1.40 bits per heavy atom. The third-order valence-corrected chi connectivity index (χ3v) is 3.68. The van der Waals surface area contributed by atoms with E-state index in [-0.39, 0.29) is 24.4 Å². The fraction of sp³-hybridized carbons (Fsp3) is 0.438. The van der Waals surface area contributed by atoms with Crippen molar-refractivity contribution in [3.63, 3.8) is 0 Å². The lowest BCUT2D eigenvalue weighted by molar-refractivity contribution is -0.122. The smallest absolute Gasteiger partial charge is 0.220 e. The molecule has 3 atom stereocenters. The molecule has 0 bridgehead atoms. The molecule has 1 aliphatic rings. The normalized spacial score (nSPS) is 24.4. The quantitative estimate of drug-likeness (QED) is 0.709. The standard InChI is InChI=1S/C16H22N2O2/c1-16(20,13-5-3-2-4-6-13)11-18-15(19)10-12-7-8-14(17)9-12/h2-8,12,14,20H,9-11,17H2,1H3,(H,18,19)/t12-,14+,16?/m0/s1. The molecule has 0 radical (unpaired) electrons. The highest BCUT2D eigenvalue weighted by molar-refractivity contribution is 5.76. The number of carbonyl (C=O) groups excluding carboxylic acids is 1. The highest BCUT2D eigenvalue weighted by Crippen LogP contribution is 2.21. The summed E-state index contributed by atoms with van der Waals surface area (Å²) in [5, 5.41) is 13.2. The second-order valence-electron chi connectivity index (χ2n) is 5.67. The van der Waals surface area contributed by atoms with Crippen molar-refractivity contribution in [2.24, 2.45) is 11.7 Å². The Morgan fingerprint density at radius 2 is 2.10 bits per heavy atom. The second kappa shape index (κ2) is 6.20. The summed E-state index contributed by atoms with van der Waals surface area (Å²) in [5.74, 6) is 0.164. The van der Waals surface area contributed by atoms with Crippen LogP contribution in [0.15, 0.2) is 42.5 Å². The third-order valence-electron chi connectivity index (χ3n) is 3.68. The lowest BCUT2D eigenvalue weighted by Gasteiger charge is -2.24. The van der Waals surface area contributed by atoms with E-state index in [0.717, 1.165) is 12.0 Å². The van der Waals surface area contributed by atoms with Crippen molar-refractivity contribution in [1.29, 1.82) is 0 Å². The molecule has 0 aliphatic heterocycles. The number of nitrogens with one attached hydrogen (secondary N) is 1. The SMILES string of the molecule is CC(O)(CNC(=O)C[C@H]1C=C[C@@H](N)C1)c1ccccc1. The second-order valence-corrected chi connectivity index (χ2v) is 5.67. The molecule has 0 fully saturated rings. The number of nitrogens with two attached hydrogens (primary N) is 1. The maximum Gasteiger partial charge on any atom is 0.220 e. The van der Waals surface area contributed by atoms with Crippen LogP contribution in [0.25, 0.3) is 0 Å². The summed E-state index contributed by atoms with van der Waals surface area (Å²) in [6.07, 6.45) is 5.19. The van der Waals surface area contributed by atoms with Crippen molar-refractivity contribution in [2.75, 3.05) is 6.54 Å². The molecule has 20 heavy (non-hydrogen) atoms. The molecule has 1 aromatic carbocycles. The first kappa shape index (κ1) is 14.8. The van der Waals surface area contributed by atoms with Crippen LogP contribution in [-0.2, 0) is 10.4 Å². The van der Waals surface area contributed by atoms with Gasteiger partial charge in [0.1, 0.15) is 5.60 Å². The Morgan fingerprint density at radius 3 is 2.70 bits per heavy atom. The number of carbonyl (C=O) groups is 1. The summed E-state index contributed by atoms with van der Waals surface area (Å²) in [7, 11) is 0. The number of rotatable bonds is 5. The number of aliphatic hydroxyl groups is 1. The Labute approximate surface area is 119 Å². The van der Waals surface area contributed by atoms with Gasteiger partial charge in [0, 0.05) is 12.5 Å². The summed E-state index contributed by atoms with van der Waals surface area (Å²) in [6, 6.07) is 9.41. The largest absolute Gasteiger partial charge is 0.384 e. The Balaban J connectivity index is 1.82. The summed E-state index contributed by atoms with van der Waals surface area (Å²) in [6.45, 7) is 1.91. The molecule has 1 aliphatic carbocycles. The third kappa shape index (κ3) is 3.92. The van der Waals surface area contributed by atoms with Crippen molar-refractivity contribution in [3.05, 3.63) is 48.0 Å².